The van der Waals surface area contributed by atoms with E-state index < -0.39 is 5.97 Å². The molecule has 1 fully saturated rings. The molecule has 0 spiro atoms. The van der Waals surface area contributed by atoms with E-state index in [1.807, 2.05) is 31.2 Å². The summed E-state index contributed by atoms with van der Waals surface area (Å²) in [5.41, 5.74) is 6.30. The van der Waals surface area contributed by atoms with Crippen LogP contribution in [0.1, 0.15) is 45.1 Å². The molecule has 8 nitrogen and oxygen atoms in total. The molecule has 2 rings (SSSR count). The van der Waals surface area contributed by atoms with E-state index in [9.17, 15) is 4.79 Å². The van der Waals surface area contributed by atoms with Crippen molar-refractivity contribution in [3.05, 3.63) is 29.8 Å². The van der Waals surface area contributed by atoms with Gasteiger partial charge in [0.05, 0.1) is 12.2 Å². The quantitative estimate of drug-likeness (QED) is 0.405. The smallest absolute Gasteiger partial charge is 0.303 e. The molecule has 0 saturated carbocycles. The number of rotatable bonds is 7. The Labute approximate surface area is 173 Å². The number of primary amides is 1. The van der Waals surface area contributed by atoms with Crippen molar-refractivity contribution in [2.45, 2.75) is 45.1 Å². The second-order valence-electron chi connectivity index (χ2n) is 6.58. The maximum Gasteiger partial charge on any atom is 0.303 e. The van der Waals surface area contributed by atoms with Crippen molar-refractivity contribution in [1.29, 1.82) is 0 Å². The van der Waals surface area contributed by atoms with E-state index >= 15 is 0 Å². The monoisotopic (exact) mass is 410 g/mol. The van der Waals surface area contributed by atoms with Crippen LogP contribution in [-0.4, -0.2) is 62.8 Å². The van der Waals surface area contributed by atoms with Crippen LogP contribution in [0.25, 0.3) is 0 Å². The molecule has 1 heterocycles. The van der Waals surface area contributed by atoms with Crippen molar-refractivity contribution in [3.63, 3.8) is 0 Å². The number of hydrogen-bond acceptors (Lipinski definition) is 6. The molecule has 164 valence electrons. The lowest BCUT2D eigenvalue weighted by molar-refractivity contribution is -0.137. The van der Waals surface area contributed by atoms with Crippen LogP contribution in [0.5, 0.6) is 5.75 Å². The number of carboxylic acids is 1. The fourth-order valence-electron chi connectivity index (χ4n) is 2.34. The third-order valence-electron chi connectivity index (χ3n) is 4.45. The van der Waals surface area contributed by atoms with Gasteiger partial charge in [0.25, 0.3) is 0 Å². The first kappa shape index (κ1) is 26.6. The maximum absolute atomic E-state index is 10.3. The Bertz CT molecular complexity index is 610. The molecule has 29 heavy (non-hydrogen) atoms. The average molecular weight is 411 g/mol. The summed E-state index contributed by atoms with van der Waals surface area (Å²) in [6.45, 7) is 6.21. The summed E-state index contributed by atoms with van der Waals surface area (Å²) in [6.07, 6.45) is 2.97. The lowest BCUT2D eigenvalue weighted by atomic mass is 9.97. The Morgan fingerprint density at radius 1 is 1.31 bits per heavy atom. The van der Waals surface area contributed by atoms with E-state index in [1.54, 1.807) is 14.2 Å². The highest BCUT2D eigenvalue weighted by atomic mass is 16.5. The van der Waals surface area contributed by atoms with Gasteiger partial charge in [0, 0.05) is 39.5 Å². The van der Waals surface area contributed by atoms with E-state index in [2.05, 4.69) is 17.6 Å². The fraction of sp³-hybridized carbons (Fsp3) is 0.571. The van der Waals surface area contributed by atoms with E-state index in [0.29, 0.717) is 13.0 Å². The topological polar surface area (TPSA) is 120 Å². The van der Waals surface area contributed by atoms with Gasteiger partial charge in [-0.05, 0) is 62.9 Å². The highest BCUT2D eigenvalue weighted by Gasteiger charge is 2.26. The van der Waals surface area contributed by atoms with E-state index in [0.717, 1.165) is 43.1 Å². The predicted molar refractivity (Wildman–Crippen MR) is 113 cm³/mol. The van der Waals surface area contributed by atoms with Crippen LogP contribution in [0.3, 0.4) is 0 Å². The zero-order valence-electron chi connectivity index (χ0n) is 17.8. The second-order valence-corrected chi connectivity index (χ2v) is 6.58. The molecular weight excluding hydrogens is 376 g/mol. The molecule has 8 heteroatoms. The summed E-state index contributed by atoms with van der Waals surface area (Å²) in [5, 5.41) is 8.47. The molecule has 0 bridgehead atoms. The summed E-state index contributed by atoms with van der Waals surface area (Å²) in [4.78, 5) is 23.0. The molecule has 0 aliphatic carbocycles. The van der Waals surface area contributed by atoms with Crippen LogP contribution < -0.4 is 10.5 Å². The van der Waals surface area contributed by atoms with Crippen LogP contribution in [0.15, 0.2) is 29.3 Å². The number of carbonyl (C=O) groups is 2. The van der Waals surface area contributed by atoms with Crippen molar-refractivity contribution < 1.29 is 28.9 Å². The molecule has 1 amide bonds. The zero-order valence-corrected chi connectivity index (χ0v) is 17.8. The lowest BCUT2D eigenvalue weighted by Gasteiger charge is -2.31. The number of benzene rings is 1. The Morgan fingerprint density at radius 3 is 2.28 bits per heavy atom. The van der Waals surface area contributed by atoms with Crippen molar-refractivity contribution in [2.24, 2.45) is 10.7 Å². The molecule has 3 N–H and O–H groups in total. The minimum absolute atomic E-state index is 0.0955. The van der Waals surface area contributed by atoms with Crippen LogP contribution in [-0.2, 0) is 19.1 Å². The lowest BCUT2D eigenvalue weighted by Crippen LogP contribution is -2.34. The number of nitrogens with zero attached hydrogens (tertiary/aromatic N) is 1. The molecule has 0 aromatic heterocycles. The zero-order chi connectivity index (χ0) is 22.1. The van der Waals surface area contributed by atoms with E-state index in [1.165, 1.54) is 0 Å². The van der Waals surface area contributed by atoms with Gasteiger partial charge in [-0.15, -0.1) is 0 Å². The summed E-state index contributed by atoms with van der Waals surface area (Å²) in [6, 6.07) is 7.61. The first-order valence-corrected chi connectivity index (χ1v) is 9.48. The number of hydrogen-bond donors (Lipinski definition) is 2. The van der Waals surface area contributed by atoms with Crippen LogP contribution in [0, 0.1) is 0 Å². The van der Waals surface area contributed by atoms with Crippen molar-refractivity contribution in [3.8, 4) is 5.75 Å². The second kappa shape index (κ2) is 15.5. The predicted octanol–water partition coefficient (Wildman–Crippen LogP) is 2.67. The first-order valence-electron chi connectivity index (χ1n) is 9.48. The van der Waals surface area contributed by atoms with Crippen molar-refractivity contribution >= 4 is 18.1 Å². The number of amides is 1. The van der Waals surface area contributed by atoms with Gasteiger partial charge in [-0.2, -0.15) is 0 Å². The molecule has 0 unspecified atom stereocenters. The standard InChI is InChI=1S/C13H17NO3.C7H14O2.CH3NO/c1-10(14-2)11-5-7-12(8-6-11)17-9-3-4-13(15)16;1-7(8-2)3-5-9-6-4-7;2-1-3/h5-8H,3-4,9H2,1-2H3,(H,15,16);3-6H2,1-2H3;1H,(H2,2,3). The van der Waals surface area contributed by atoms with Gasteiger partial charge in [-0.25, -0.2) is 0 Å². The number of carbonyl (C=O) groups excluding carboxylic acids is 1. The van der Waals surface area contributed by atoms with Gasteiger partial charge in [-0.1, -0.05) is 0 Å². The Kier molecular flexibility index (Phi) is 14.2. The highest BCUT2D eigenvalue weighted by molar-refractivity contribution is 5.98. The molecule has 0 radical (unpaired) electrons. The van der Waals surface area contributed by atoms with Gasteiger partial charge in [0.1, 0.15) is 5.75 Å². The van der Waals surface area contributed by atoms with Crippen LogP contribution in [0.4, 0.5) is 0 Å². The van der Waals surface area contributed by atoms with Gasteiger partial charge in [0.15, 0.2) is 0 Å². The van der Waals surface area contributed by atoms with Gasteiger partial charge >= 0.3 is 5.97 Å². The highest BCUT2D eigenvalue weighted by Crippen LogP contribution is 2.22. The third kappa shape index (κ3) is 12.6. The summed E-state index contributed by atoms with van der Waals surface area (Å²) in [7, 11) is 3.52. The van der Waals surface area contributed by atoms with E-state index in [4.69, 9.17) is 24.1 Å². The van der Waals surface area contributed by atoms with Crippen molar-refractivity contribution in [1.82, 2.24) is 0 Å². The Balaban J connectivity index is 0.000000544. The number of nitrogens with two attached hydrogens (primary N) is 1. The summed E-state index contributed by atoms with van der Waals surface area (Å²) >= 11 is 0. The summed E-state index contributed by atoms with van der Waals surface area (Å²) in [5.74, 6) is -0.0400. The largest absolute Gasteiger partial charge is 0.494 e. The molecule has 1 aromatic rings. The Morgan fingerprint density at radius 2 is 1.86 bits per heavy atom. The van der Waals surface area contributed by atoms with Crippen LogP contribution >= 0.6 is 0 Å². The number of methoxy groups -OCH3 is 1. The Hall–Kier alpha value is -2.45. The van der Waals surface area contributed by atoms with Gasteiger partial charge in [0.2, 0.25) is 6.41 Å². The molecule has 1 saturated heterocycles. The first-order chi connectivity index (χ1) is 13.8. The minimum atomic E-state index is -0.793. The van der Waals surface area contributed by atoms with Crippen molar-refractivity contribution in [2.75, 3.05) is 34.0 Å². The molecular formula is C21H34N2O6. The van der Waals surface area contributed by atoms with Gasteiger partial charge in [-0.3, -0.25) is 14.6 Å². The maximum atomic E-state index is 10.3. The number of ether oxygens (including phenoxy) is 3. The molecule has 1 aliphatic rings. The number of aliphatic carboxylic acids is 1. The molecule has 1 aliphatic heterocycles. The van der Waals surface area contributed by atoms with E-state index in [-0.39, 0.29) is 18.4 Å². The average Bonchev–Trinajstić information content (AvgIpc) is 2.72. The normalized spacial score (nSPS) is 15.1. The summed E-state index contributed by atoms with van der Waals surface area (Å²) < 4.78 is 15.9. The van der Waals surface area contributed by atoms with Gasteiger partial charge < -0.3 is 25.1 Å². The minimum Gasteiger partial charge on any atom is -0.494 e. The number of aliphatic imine (C=N–C) groups is 1. The molecule has 0 atom stereocenters. The molecule has 1 aromatic carbocycles. The number of carboxylic acid groups (broad SMARTS) is 1. The van der Waals surface area contributed by atoms with Crippen LogP contribution in [0.2, 0.25) is 0 Å². The SMILES string of the molecule is CN=C(C)c1ccc(OCCCC(=O)O)cc1.COC1(C)CCOCC1.NC=O. The third-order valence-corrected chi connectivity index (χ3v) is 4.45. The fourth-order valence-corrected chi connectivity index (χ4v) is 2.34.